The molecule has 5 aliphatic rings. The fourth-order valence-corrected chi connectivity index (χ4v) is 8.35. The molecule has 0 aromatic carbocycles. The van der Waals surface area contributed by atoms with Crippen molar-refractivity contribution < 1.29 is 0 Å². The molecule has 0 spiro atoms. The van der Waals surface area contributed by atoms with E-state index < -0.39 is 0 Å². The van der Waals surface area contributed by atoms with Gasteiger partial charge in [0.25, 0.3) is 0 Å². The fourth-order valence-electron chi connectivity index (χ4n) is 8.35. The van der Waals surface area contributed by atoms with Gasteiger partial charge in [-0.05, 0) is 82.1 Å². The Morgan fingerprint density at radius 3 is 1.97 bits per heavy atom. The summed E-state index contributed by atoms with van der Waals surface area (Å²) in [5.41, 5.74) is 0. The van der Waals surface area contributed by atoms with E-state index in [-0.39, 0.29) is 0 Å². The van der Waals surface area contributed by atoms with Crippen molar-refractivity contribution in [1.82, 2.24) is 9.91 Å². The summed E-state index contributed by atoms with van der Waals surface area (Å²) in [6.07, 6.45) is 26.8. The van der Waals surface area contributed by atoms with Crippen molar-refractivity contribution >= 4 is 6.21 Å². The molecule has 3 heteroatoms. The fraction of sp³-hybridized carbons (Fsp3) is 0.963. The summed E-state index contributed by atoms with van der Waals surface area (Å²) >= 11 is 0. The summed E-state index contributed by atoms with van der Waals surface area (Å²) in [6, 6.07) is 3.27. The van der Waals surface area contributed by atoms with Gasteiger partial charge in [0.1, 0.15) is 0 Å². The number of rotatable bonds is 5. The molecule has 1 heterocycles. The van der Waals surface area contributed by atoms with Gasteiger partial charge in [0.15, 0.2) is 0 Å². The summed E-state index contributed by atoms with van der Waals surface area (Å²) < 4.78 is 0. The van der Waals surface area contributed by atoms with E-state index in [0.29, 0.717) is 0 Å². The van der Waals surface area contributed by atoms with E-state index in [0.717, 1.165) is 41.9 Å². The highest BCUT2D eigenvalue weighted by Crippen LogP contribution is 2.50. The van der Waals surface area contributed by atoms with Crippen LogP contribution in [-0.4, -0.2) is 46.8 Å². The molecule has 3 nitrogen and oxygen atoms in total. The number of hydrogen-bond donors (Lipinski definition) is 0. The molecule has 0 N–H and O–H groups in total. The highest BCUT2D eigenvalue weighted by Gasteiger charge is 2.50. The third kappa shape index (κ3) is 4.34. The van der Waals surface area contributed by atoms with Crippen molar-refractivity contribution in [3.63, 3.8) is 0 Å². The van der Waals surface area contributed by atoms with Crippen LogP contribution < -0.4 is 0 Å². The third-order valence-corrected chi connectivity index (χ3v) is 9.76. The first-order chi connectivity index (χ1) is 14.8. The van der Waals surface area contributed by atoms with E-state index in [1.165, 1.54) is 116 Å². The van der Waals surface area contributed by atoms with Crippen LogP contribution in [0.25, 0.3) is 0 Å². The van der Waals surface area contributed by atoms with Crippen LogP contribution in [0.15, 0.2) is 5.10 Å². The lowest BCUT2D eigenvalue weighted by atomic mass is 9.70. The second kappa shape index (κ2) is 9.92. The molecule has 4 saturated carbocycles. The molecule has 170 valence electrons. The number of nitrogens with zero attached hydrogens (tertiary/aromatic N) is 3. The van der Waals surface area contributed by atoms with Crippen LogP contribution in [0.3, 0.4) is 0 Å². The number of hydrogen-bond acceptors (Lipinski definition) is 3. The quantitative estimate of drug-likeness (QED) is 0.372. The second-order valence-corrected chi connectivity index (χ2v) is 11.4. The maximum Gasteiger partial charge on any atom is 0.0473 e. The number of hydrazone groups is 1. The zero-order valence-electron chi connectivity index (χ0n) is 19.7. The summed E-state index contributed by atoms with van der Waals surface area (Å²) in [5.74, 6) is 2.69. The van der Waals surface area contributed by atoms with E-state index in [9.17, 15) is 0 Å². The summed E-state index contributed by atoms with van der Waals surface area (Å²) in [6.45, 7) is 3.69. The Bertz CT molecular complexity index is 538. The van der Waals surface area contributed by atoms with Crippen molar-refractivity contribution in [2.45, 2.75) is 140 Å². The third-order valence-electron chi connectivity index (χ3n) is 9.76. The van der Waals surface area contributed by atoms with Gasteiger partial charge in [0, 0.05) is 30.4 Å². The topological polar surface area (TPSA) is 18.8 Å². The van der Waals surface area contributed by atoms with Crippen LogP contribution in [0.1, 0.15) is 116 Å². The van der Waals surface area contributed by atoms with Gasteiger partial charge in [-0.1, -0.05) is 58.3 Å². The van der Waals surface area contributed by atoms with Gasteiger partial charge in [-0.3, -0.25) is 9.91 Å². The Labute approximate surface area is 186 Å². The minimum atomic E-state index is 0.735. The highest BCUT2D eigenvalue weighted by atomic mass is 15.5. The SMILES string of the molecule is CCN1C2CCCCC2C2CC(C=NN(C3CCCCC3)C3CCCCC3)CCC21. The first-order valence-electron chi connectivity index (χ1n) is 13.9. The lowest BCUT2D eigenvalue weighted by Crippen LogP contribution is -2.42. The van der Waals surface area contributed by atoms with Crippen LogP contribution in [0.5, 0.6) is 0 Å². The summed E-state index contributed by atoms with van der Waals surface area (Å²) in [5, 5.41) is 8.00. The molecule has 5 unspecified atom stereocenters. The van der Waals surface area contributed by atoms with Gasteiger partial charge < -0.3 is 0 Å². The highest BCUT2D eigenvalue weighted by molar-refractivity contribution is 5.60. The van der Waals surface area contributed by atoms with Gasteiger partial charge in [0.05, 0.1) is 0 Å². The van der Waals surface area contributed by atoms with Crippen molar-refractivity contribution in [1.29, 1.82) is 0 Å². The van der Waals surface area contributed by atoms with Crippen molar-refractivity contribution in [2.24, 2.45) is 22.9 Å². The van der Waals surface area contributed by atoms with Crippen LogP contribution in [-0.2, 0) is 0 Å². The lowest BCUT2D eigenvalue weighted by molar-refractivity contribution is 0.0840. The van der Waals surface area contributed by atoms with Gasteiger partial charge in [-0.15, -0.1) is 0 Å². The predicted molar refractivity (Wildman–Crippen MR) is 127 cm³/mol. The van der Waals surface area contributed by atoms with Crippen LogP contribution in [0.4, 0.5) is 0 Å². The molecule has 30 heavy (non-hydrogen) atoms. The molecule has 1 saturated heterocycles. The molecule has 0 radical (unpaired) electrons. The van der Waals surface area contributed by atoms with Gasteiger partial charge in [0.2, 0.25) is 0 Å². The standard InChI is InChI=1S/C27H47N3/c1-2-29-26-16-10-9-15-24(26)25-19-21(17-18-27(25)29)20-28-30(22-11-5-3-6-12-22)23-13-7-4-8-14-23/h20-27H,2-19H2,1H3. The zero-order chi connectivity index (χ0) is 20.3. The maximum atomic E-state index is 5.35. The number of fused-ring (bicyclic) bond motifs is 3. The Morgan fingerprint density at radius 2 is 1.30 bits per heavy atom. The minimum absolute atomic E-state index is 0.735. The average molecular weight is 414 g/mol. The zero-order valence-corrected chi connectivity index (χ0v) is 19.7. The molecule has 1 aliphatic heterocycles. The molecule has 5 atom stereocenters. The molecular formula is C27H47N3. The Balaban J connectivity index is 1.27. The molecule has 0 aromatic rings. The van der Waals surface area contributed by atoms with Crippen molar-refractivity contribution in [2.75, 3.05) is 6.54 Å². The molecule has 4 aliphatic carbocycles. The molecule has 5 rings (SSSR count). The largest absolute Gasteiger partial charge is 0.297 e. The Kier molecular flexibility index (Phi) is 7.04. The van der Waals surface area contributed by atoms with E-state index in [1.54, 1.807) is 0 Å². The van der Waals surface area contributed by atoms with E-state index in [2.05, 4.69) is 23.0 Å². The smallest absolute Gasteiger partial charge is 0.0473 e. The van der Waals surface area contributed by atoms with Crippen LogP contribution in [0.2, 0.25) is 0 Å². The first kappa shape index (κ1) is 21.3. The lowest BCUT2D eigenvalue weighted by Gasteiger charge is -2.40. The summed E-state index contributed by atoms with van der Waals surface area (Å²) in [4.78, 5) is 2.93. The van der Waals surface area contributed by atoms with Gasteiger partial charge in [-0.25, -0.2) is 0 Å². The molecular weight excluding hydrogens is 366 g/mol. The summed E-state index contributed by atoms with van der Waals surface area (Å²) in [7, 11) is 0. The monoisotopic (exact) mass is 413 g/mol. The normalized spacial score (nSPS) is 39.2. The molecule has 0 aromatic heterocycles. The van der Waals surface area contributed by atoms with Gasteiger partial charge in [-0.2, -0.15) is 5.10 Å². The van der Waals surface area contributed by atoms with Gasteiger partial charge >= 0.3 is 0 Å². The van der Waals surface area contributed by atoms with Crippen LogP contribution >= 0.6 is 0 Å². The average Bonchev–Trinajstić information content (AvgIpc) is 3.14. The first-order valence-corrected chi connectivity index (χ1v) is 13.9. The predicted octanol–water partition coefficient (Wildman–Crippen LogP) is 6.62. The Hall–Kier alpha value is -0.570. The molecule has 5 fully saturated rings. The maximum absolute atomic E-state index is 5.35. The van der Waals surface area contributed by atoms with Crippen molar-refractivity contribution in [3.05, 3.63) is 0 Å². The van der Waals surface area contributed by atoms with E-state index in [4.69, 9.17) is 5.10 Å². The number of likely N-dealkylation sites (tertiary alicyclic amines) is 1. The molecule has 0 bridgehead atoms. The molecule has 0 amide bonds. The van der Waals surface area contributed by atoms with E-state index in [1.807, 2.05) is 0 Å². The second-order valence-electron chi connectivity index (χ2n) is 11.4. The Morgan fingerprint density at radius 1 is 0.700 bits per heavy atom. The van der Waals surface area contributed by atoms with E-state index >= 15 is 0 Å². The van der Waals surface area contributed by atoms with Crippen LogP contribution in [0, 0.1) is 17.8 Å². The van der Waals surface area contributed by atoms with Crippen molar-refractivity contribution in [3.8, 4) is 0 Å². The minimum Gasteiger partial charge on any atom is -0.297 e.